The molecule has 0 atom stereocenters. The van der Waals surface area contributed by atoms with Crippen molar-refractivity contribution in [3.63, 3.8) is 0 Å². The van der Waals surface area contributed by atoms with Gasteiger partial charge in [0.15, 0.2) is 0 Å². The van der Waals surface area contributed by atoms with Gasteiger partial charge in [-0.05, 0) is 64.7 Å². The number of carbonyl (C=O) groups excluding carboxylic acids is 1. The van der Waals surface area contributed by atoms with Crippen LogP contribution in [0.4, 0.5) is 0 Å². The predicted molar refractivity (Wildman–Crippen MR) is 120 cm³/mol. The Morgan fingerprint density at radius 2 is 1.73 bits per heavy atom. The van der Waals surface area contributed by atoms with Crippen LogP contribution in [0.5, 0.6) is 5.75 Å². The molecule has 8 heteroatoms. The third kappa shape index (κ3) is 4.87. The molecule has 162 valence electrons. The Morgan fingerprint density at radius 1 is 1.10 bits per heavy atom. The van der Waals surface area contributed by atoms with E-state index in [1.807, 2.05) is 29.2 Å². The van der Waals surface area contributed by atoms with Gasteiger partial charge in [0.1, 0.15) is 5.75 Å². The van der Waals surface area contributed by atoms with Gasteiger partial charge in [-0.15, -0.1) is 0 Å². The first-order chi connectivity index (χ1) is 14.3. The van der Waals surface area contributed by atoms with Gasteiger partial charge < -0.3 is 9.64 Å². The minimum Gasteiger partial charge on any atom is -0.497 e. The van der Waals surface area contributed by atoms with Crippen LogP contribution >= 0.6 is 15.9 Å². The summed E-state index contributed by atoms with van der Waals surface area (Å²) in [7, 11) is -2.03. The zero-order valence-electron chi connectivity index (χ0n) is 17.5. The van der Waals surface area contributed by atoms with Crippen molar-refractivity contribution in [2.75, 3.05) is 20.2 Å². The number of methoxy groups -OCH3 is 1. The Hall–Kier alpha value is -1.90. The van der Waals surface area contributed by atoms with E-state index in [0.717, 1.165) is 24.2 Å². The Balaban J connectivity index is 1.91. The molecule has 30 heavy (non-hydrogen) atoms. The fourth-order valence-corrected chi connectivity index (χ4v) is 5.28. The number of carbonyl (C=O) groups is 1. The van der Waals surface area contributed by atoms with Crippen LogP contribution < -0.4 is 4.74 Å². The third-order valence-corrected chi connectivity index (χ3v) is 8.01. The Bertz CT molecular complexity index is 1000. The number of hydrogen-bond donors (Lipinski definition) is 0. The molecule has 1 aliphatic rings. The zero-order valence-corrected chi connectivity index (χ0v) is 19.9. The van der Waals surface area contributed by atoms with Gasteiger partial charge in [-0.2, -0.15) is 4.31 Å². The van der Waals surface area contributed by atoms with Crippen molar-refractivity contribution in [1.82, 2.24) is 9.21 Å². The normalized spacial score (nSPS) is 14.0. The van der Waals surface area contributed by atoms with E-state index in [4.69, 9.17) is 4.74 Å². The van der Waals surface area contributed by atoms with Crippen molar-refractivity contribution in [2.45, 2.75) is 44.2 Å². The van der Waals surface area contributed by atoms with E-state index >= 15 is 0 Å². The molecule has 2 aromatic carbocycles. The van der Waals surface area contributed by atoms with Gasteiger partial charge >= 0.3 is 0 Å². The number of benzene rings is 2. The Labute approximate surface area is 187 Å². The van der Waals surface area contributed by atoms with Crippen molar-refractivity contribution in [1.29, 1.82) is 0 Å². The molecule has 1 fully saturated rings. The molecule has 0 heterocycles. The van der Waals surface area contributed by atoms with Gasteiger partial charge in [0.25, 0.3) is 5.91 Å². The summed E-state index contributed by atoms with van der Waals surface area (Å²) in [6, 6.07) is 12.5. The molecular weight excluding hydrogens is 468 g/mol. The first-order valence-corrected chi connectivity index (χ1v) is 12.3. The lowest BCUT2D eigenvalue weighted by Crippen LogP contribution is -2.33. The number of nitrogens with zero attached hydrogens (tertiary/aromatic N) is 2. The molecular formula is C22H27BrN2O4S. The minimum atomic E-state index is -3.64. The lowest BCUT2D eigenvalue weighted by Gasteiger charge is -2.24. The highest BCUT2D eigenvalue weighted by Crippen LogP contribution is 2.32. The van der Waals surface area contributed by atoms with Crippen LogP contribution in [0.25, 0.3) is 0 Å². The summed E-state index contributed by atoms with van der Waals surface area (Å²) in [4.78, 5) is 15.4. The Morgan fingerprint density at radius 3 is 2.27 bits per heavy atom. The first-order valence-electron chi connectivity index (χ1n) is 10.0. The van der Waals surface area contributed by atoms with Gasteiger partial charge in [-0.1, -0.05) is 26.0 Å². The lowest BCUT2D eigenvalue weighted by molar-refractivity contribution is 0.0728. The number of halogens is 1. The van der Waals surface area contributed by atoms with E-state index in [-0.39, 0.29) is 16.8 Å². The van der Waals surface area contributed by atoms with Crippen LogP contribution in [0.1, 0.15) is 42.6 Å². The van der Waals surface area contributed by atoms with Crippen LogP contribution in [0.2, 0.25) is 0 Å². The third-order valence-electron chi connectivity index (χ3n) is 5.27. The summed E-state index contributed by atoms with van der Waals surface area (Å²) in [6.07, 6.45) is 1.91. The van der Waals surface area contributed by atoms with E-state index in [1.165, 1.54) is 10.4 Å². The topological polar surface area (TPSA) is 66.9 Å². The Kier molecular flexibility index (Phi) is 7.21. The molecule has 0 aromatic heterocycles. The van der Waals surface area contributed by atoms with E-state index in [1.54, 1.807) is 33.1 Å². The summed E-state index contributed by atoms with van der Waals surface area (Å²) in [5.41, 5.74) is 1.36. The maximum atomic E-state index is 13.4. The summed E-state index contributed by atoms with van der Waals surface area (Å²) >= 11 is 3.44. The maximum Gasteiger partial charge on any atom is 0.255 e. The standard InChI is InChI=1S/C22H27BrN2O4S/c1-4-24(5-2)30(27,28)19-12-13-21(23)20(14-19)22(26)25(17-8-9-17)15-16-6-10-18(29-3)11-7-16/h6-7,10-14,17H,4-5,8-9,15H2,1-3H3. The first kappa shape index (κ1) is 22.8. The fraction of sp³-hybridized carbons (Fsp3) is 0.409. The number of amides is 1. The molecule has 2 aromatic rings. The number of sulfonamides is 1. The summed E-state index contributed by atoms with van der Waals surface area (Å²) in [5.74, 6) is 0.594. The average molecular weight is 495 g/mol. The highest BCUT2D eigenvalue weighted by molar-refractivity contribution is 9.10. The smallest absolute Gasteiger partial charge is 0.255 e. The SMILES string of the molecule is CCN(CC)S(=O)(=O)c1ccc(Br)c(C(=O)N(Cc2ccc(OC)cc2)C2CC2)c1. The van der Waals surface area contributed by atoms with Gasteiger partial charge in [-0.3, -0.25) is 4.79 Å². The molecule has 0 bridgehead atoms. The van der Waals surface area contributed by atoms with Crippen LogP contribution in [0.3, 0.4) is 0 Å². The molecule has 6 nitrogen and oxygen atoms in total. The fourth-order valence-electron chi connectivity index (χ4n) is 3.38. The van der Waals surface area contributed by atoms with E-state index in [2.05, 4.69) is 15.9 Å². The molecule has 1 aliphatic carbocycles. The maximum absolute atomic E-state index is 13.4. The number of ether oxygens (including phenoxy) is 1. The van der Waals surface area contributed by atoms with Crippen molar-refractivity contribution in [2.24, 2.45) is 0 Å². The quantitative estimate of drug-likeness (QED) is 0.521. The monoisotopic (exact) mass is 494 g/mol. The van der Waals surface area contributed by atoms with Gasteiger partial charge in [0.05, 0.1) is 17.6 Å². The zero-order chi connectivity index (χ0) is 21.9. The highest BCUT2D eigenvalue weighted by atomic mass is 79.9. The van der Waals surface area contributed by atoms with Gasteiger partial charge in [0, 0.05) is 30.1 Å². The second-order valence-electron chi connectivity index (χ2n) is 7.24. The van der Waals surface area contributed by atoms with Crippen molar-refractivity contribution < 1.29 is 17.9 Å². The van der Waals surface area contributed by atoms with Crippen LogP contribution in [-0.2, 0) is 16.6 Å². The van der Waals surface area contributed by atoms with Crippen LogP contribution in [-0.4, -0.2) is 49.8 Å². The summed E-state index contributed by atoms with van der Waals surface area (Å²) in [5, 5.41) is 0. The van der Waals surface area contributed by atoms with Crippen LogP contribution in [0.15, 0.2) is 51.8 Å². The summed E-state index contributed by atoms with van der Waals surface area (Å²) < 4.78 is 33.0. The molecule has 1 amide bonds. The minimum absolute atomic E-state index is 0.137. The van der Waals surface area contributed by atoms with E-state index < -0.39 is 10.0 Å². The molecule has 1 saturated carbocycles. The van der Waals surface area contributed by atoms with Crippen molar-refractivity contribution in [3.8, 4) is 5.75 Å². The number of hydrogen-bond acceptors (Lipinski definition) is 4. The van der Waals surface area contributed by atoms with Crippen LogP contribution in [0, 0.1) is 0 Å². The predicted octanol–water partition coefficient (Wildman–Crippen LogP) is 4.29. The highest BCUT2D eigenvalue weighted by Gasteiger charge is 2.34. The molecule has 0 spiro atoms. The average Bonchev–Trinajstić information content (AvgIpc) is 3.58. The lowest BCUT2D eigenvalue weighted by atomic mass is 10.1. The second kappa shape index (κ2) is 9.49. The largest absolute Gasteiger partial charge is 0.497 e. The molecule has 0 N–H and O–H groups in total. The van der Waals surface area contributed by atoms with E-state index in [9.17, 15) is 13.2 Å². The van der Waals surface area contributed by atoms with Gasteiger partial charge in [-0.25, -0.2) is 8.42 Å². The molecule has 3 rings (SSSR count). The molecule has 0 radical (unpaired) electrons. The van der Waals surface area contributed by atoms with E-state index in [0.29, 0.717) is 29.7 Å². The molecule has 0 saturated heterocycles. The second-order valence-corrected chi connectivity index (χ2v) is 10.0. The molecule has 0 unspecified atom stereocenters. The molecule has 0 aliphatic heterocycles. The van der Waals surface area contributed by atoms with Crippen molar-refractivity contribution in [3.05, 3.63) is 58.1 Å². The summed E-state index contributed by atoms with van der Waals surface area (Å²) in [6.45, 7) is 4.83. The number of rotatable bonds is 9. The van der Waals surface area contributed by atoms with Crippen molar-refractivity contribution >= 4 is 31.9 Å². The van der Waals surface area contributed by atoms with Gasteiger partial charge in [0.2, 0.25) is 10.0 Å².